The Morgan fingerprint density at radius 2 is 1.93 bits per heavy atom. The first-order valence-corrected chi connectivity index (χ1v) is 11.2. The van der Waals surface area contributed by atoms with Gasteiger partial charge in [-0.25, -0.2) is 4.98 Å². The van der Waals surface area contributed by atoms with Crippen LogP contribution in [0.25, 0.3) is 0 Å². The molecule has 1 unspecified atom stereocenters. The highest BCUT2D eigenvalue weighted by molar-refractivity contribution is 7.99. The number of aryl methyl sites for hydroxylation is 2. The average molecular weight is 465 g/mol. The second kappa shape index (κ2) is 9.59. The van der Waals surface area contributed by atoms with Gasteiger partial charge in [0.2, 0.25) is 5.91 Å². The fourth-order valence-corrected chi connectivity index (χ4v) is 4.26. The molecule has 2 aromatic heterocycles. The number of amides is 2. The molecule has 3 aromatic rings. The van der Waals surface area contributed by atoms with E-state index in [0.29, 0.717) is 26.7 Å². The third-order valence-corrected chi connectivity index (χ3v) is 6.58. The Morgan fingerprint density at radius 3 is 2.57 bits per heavy atom. The number of nitrogens with one attached hydrogen (secondary N) is 2. The molecular formula is C19H21ClN6O2S2. The number of hydrogen-bond acceptors (Lipinski definition) is 7. The van der Waals surface area contributed by atoms with Crippen LogP contribution in [0.3, 0.4) is 0 Å². The first-order valence-electron chi connectivity index (χ1n) is 9.07. The maximum Gasteiger partial charge on any atom is 0.251 e. The molecule has 2 N–H and O–H groups in total. The van der Waals surface area contributed by atoms with Crippen molar-refractivity contribution in [2.24, 2.45) is 7.05 Å². The quantitative estimate of drug-likeness (QED) is 0.516. The summed E-state index contributed by atoms with van der Waals surface area (Å²) < 4.78 is 1.77. The normalized spacial score (nSPS) is 11.9. The number of anilines is 1. The van der Waals surface area contributed by atoms with E-state index in [9.17, 15) is 9.59 Å². The van der Waals surface area contributed by atoms with Gasteiger partial charge in [-0.1, -0.05) is 23.4 Å². The number of carbonyl (C=O) groups is 2. The molecule has 2 amide bonds. The number of carbonyl (C=O) groups excluding carboxylic acids is 2. The molecule has 0 aliphatic carbocycles. The summed E-state index contributed by atoms with van der Waals surface area (Å²) in [5, 5.41) is 15.7. The summed E-state index contributed by atoms with van der Waals surface area (Å²) in [6, 6.07) is 6.28. The van der Waals surface area contributed by atoms with Crippen molar-refractivity contribution >= 4 is 51.6 Å². The van der Waals surface area contributed by atoms with E-state index in [1.54, 1.807) is 35.9 Å². The first-order chi connectivity index (χ1) is 14.2. The second-order valence-electron chi connectivity index (χ2n) is 6.60. The minimum atomic E-state index is -0.366. The summed E-state index contributed by atoms with van der Waals surface area (Å²) >= 11 is 8.57. The third kappa shape index (κ3) is 5.38. The highest BCUT2D eigenvalue weighted by atomic mass is 35.5. The molecule has 0 saturated carbocycles. The minimum Gasteiger partial charge on any atom is -0.342 e. The molecule has 8 nitrogen and oxygen atoms in total. The van der Waals surface area contributed by atoms with Gasteiger partial charge in [0, 0.05) is 22.5 Å². The maximum absolute atomic E-state index is 12.4. The highest BCUT2D eigenvalue weighted by Gasteiger charge is 2.19. The van der Waals surface area contributed by atoms with Crippen LogP contribution in [-0.4, -0.2) is 37.3 Å². The minimum absolute atomic E-state index is 0.164. The van der Waals surface area contributed by atoms with E-state index >= 15 is 0 Å². The molecule has 158 valence electrons. The Morgan fingerprint density at radius 1 is 1.23 bits per heavy atom. The predicted octanol–water partition coefficient (Wildman–Crippen LogP) is 3.76. The SMILES string of the molecule is Cc1nc(NC(=O)CSc2nnc(C(C)NC(=O)c3ccc(Cl)cc3)n2C)sc1C. The highest BCUT2D eigenvalue weighted by Crippen LogP contribution is 2.23. The predicted molar refractivity (Wildman–Crippen MR) is 119 cm³/mol. The molecule has 0 fully saturated rings. The molecule has 1 atom stereocenters. The van der Waals surface area contributed by atoms with Crippen molar-refractivity contribution in [3.63, 3.8) is 0 Å². The number of hydrogen-bond donors (Lipinski definition) is 2. The summed E-state index contributed by atoms with van der Waals surface area (Å²) in [5.41, 5.74) is 1.42. The average Bonchev–Trinajstić information content (AvgIpc) is 3.21. The van der Waals surface area contributed by atoms with Gasteiger partial charge in [-0.15, -0.1) is 21.5 Å². The number of halogens is 1. The fourth-order valence-electron chi connectivity index (χ4n) is 2.59. The molecule has 1 aromatic carbocycles. The Hall–Kier alpha value is -2.43. The van der Waals surface area contributed by atoms with E-state index in [-0.39, 0.29) is 23.6 Å². The van der Waals surface area contributed by atoms with Crippen LogP contribution in [0.15, 0.2) is 29.4 Å². The van der Waals surface area contributed by atoms with Crippen LogP contribution in [0, 0.1) is 13.8 Å². The Labute approximate surface area is 187 Å². The van der Waals surface area contributed by atoms with Gasteiger partial charge in [0.05, 0.1) is 17.5 Å². The van der Waals surface area contributed by atoms with Crippen molar-refractivity contribution in [1.29, 1.82) is 0 Å². The van der Waals surface area contributed by atoms with Crippen molar-refractivity contribution in [3.05, 3.63) is 51.2 Å². The molecule has 0 spiro atoms. The van der Waals surface area contributed by atoms with Gasteiger partial charge in [0.1, 0.15) is 0 Å². The number of nitrogens with zero attached hydrogens (tertiary/aromatic N) is 4. The van der Waals surface area contributed by atoms with Gasteiger partial charge in [0.25, 0.3) is 5.91 Å². The second-order valence-corrected chi connectivity index (χ2v) is 9.18. The van der Waals surface area contributed by atoms with E-state index < -0.39 is 0 Å². The zero-order chi connectivity index (χ0) is 21.8. The van der Waals surface area contributed by atoms with Crippen LogP contribution in [0.5, 0.6) is 0 Å². The van der Waals surface area contributed by atoms with Crippen LogP contribution in [0.4, 0.5) is 5.13 Å². The standard InChI is InChI=1S/C19H21ClN6O2S2/c1-10-12(3)30-18(22-10)23-15(27)9-29-19-25-24-16(26(19)4)11(2)21-17(28)13-5-7-14(20)8-6-13/h5-8,11H,9H2,1-4H3,(H,21,28)(H,22,23,27). The van der Waals surface area contributed by atoms with Gasteiger partial charge >= 0.3 is 0 Å². The van der Waals surface area contributed by atoms with Crippen molar-refractivity contribution in [2.75, 3.05) is 11.1 Å². The number of thiazole rings is 1. The smallest absolute Gasteiger partial charge is 0.251 e. The molecule has 0 radical (unpaired) electrons. The maximum atomic E-state index is 12.4. The van der Waals surface area contributed by atoms with Crippen molar-refractivity contribution < 1.29 is 9.59 Å². The molecule has 0 aliphatic rings. The summed E-state index contributed by atoms with van der Waals surface area (Å²) in [6.07, 6.45) is 0. The van der Waals surface area contributed by atoms with E-state index in [1.165, 1.54) is 23.1 Å². The van der Waals surface area contributed by atoms with Crippen molar-refractivity contribution in [2.45, 2.75) is 32.0 Å². The molecular weight excluding hydrogens is 444 g/mol. The zero-order valence-corrected chi connectivity index (χ0v) is 19.3. The topological polar surface area (TPSA) is 102 Å². The summed E-state index contributed by atoms with van der Waals surface area (Å²) in [6.45, 7) is 5.70. The molecule has 2 heterocycles. The first kappa shape index (κ1) is 22.3. The van der Waals surface area contributed by atoms with E-state index in [1.807, 2.05) is 20.8 Å². The fraction of sp³-hybridized carbons (Fsp3) is 0.316. The molecule has 30 heavy (non-hydrogen) atoms. The Bertz CT molecular complexity index is 1040. The lowest BCUT2D eigenvalue weighted by Gasteiger charge is -2.13. The van der Waals surface area contributed by atoms with Crippen LogP contribution < -0.4 is 10.6 Å². The van der Waals surface area contributed by atoms with E-state index in [2.05, 4.69) is 25.8 Å². The third-order valence-electron chi connectivity index (χ3n) is 4.32. The lowest BCUT2D eigenvalue weighted by Crippen LogP contribution is -2.28. The van der Waals surface area contributed by atoms with E-state index in [0.717, 1.165) is 10.6 Å². The summed E-state index contributed by atoms with van der Waals surface area (Å²) in [7, 11) is 1.80. The lowest BCUT2D eigenvalue weighted by molar-refractivity contribution is -0.113. The van der Waals surface area contributed by atoms with Crippen molar-refractivity contribution in [1.82, 2.24) is 25.1 Å². The van der Waals surface area contributed by atoms with E-state index in [4.69, 9.17) is 11.6 Å². The molecule has 0 bridgehead atoms. The van der Waals surface area contributed by atoms with Gasteiger partial charge in [-0.3, -0.25) is 9.59 Å². The summed E-state index contributed by atoms with van der Waals surface area (Å²) in [5.74, 6) is 0.369. The van der Waals surface area contributed by atoms with Crippen LogP contribution >= 0.6 is 34.7 Å². The monoisotopic (exact) mass is 464 g/mol. The van der Waals surface area contributed by atoms with Gasteiger partial charge < -0.3 is 15.2 Å². The largest absolute Gasteiger partial charge is 0.342 e. The van der Waals surface area contributed by atoms with Gasteiger partial charge in [-0.05, 0) is 45.0 Å². The molecule has 0 saturated heterocycles. The lowest BCUT2D eigenvalue weighted by atomic mass is 10.2. The van der Waals surface area contributed by atoms with Crippen LogP contribution in [0.1, 0.15) is 39.7 Å². The molecule has 11 heteroatoms. The van der Waals surface area contributed by atoms with Crippen LogP contribution in [0.2, 0.25) is 5.02 Å². The number of rotatable bonds is 7. The summed E-state index contributed by atoms with van der Waals surface area (Å²) in [4.78, 5) is 30.0. The number of aromatic nitrogens is 4. The number of thioether (sulfide) groups is 1. The van der Waals surface area contributed by atoms with Crippen LogP contribution in [-0.2, 0) is 11.8 Å². The Balaban J connectivity index is 1.57. The van der Waals surface area contributed by atoms with Crippen molar-refractivity contribution in [3.8, 4) is 0 Å². The number of benzene rings is 1. The zero-order valence-electron chi connectivity index (χ0n) is 16.9. The Kier molecular flexibility index (Phi) is 7.11. The molecule has 0 aliphatic heterocycles. The molecule has 3 rings (SSSR count). The van der Waals surface area contributed by atoms with Gasteiger partial charge in [0.15, 0.2) is 16.1 Å². The van der Waals surface area contributed by atoms with Gasteiger partial charge in [-0.2, -0.15) is 0 Å².